The minimum atomic E-state index is -0.125. The summed E-state index contributed by atoms with van der Waals surface area (Å²) in [5.41, 5.74) is 2.65. The van der Waals surface area contributed by atoms with Gasteiger partial charge in [-0.1, -0.05) is 12.1 Å². The average Bonchev–Trinajstić information content (AvgIpc) is 3.17. The number of nitrogens with zero attached hydrogens (tertiary/aromatic N) is 3. The van der Waals surface area contributed by atoms with Crippen LogP contribution in [0.25, 0.3) is 11.3 Å². The summed E-state index contributed by atoms with van der Waals surface area (Å²) < 4.78 is 5.75. The molecule has 0 atom stereocenters. The smallest absolute Gasteiger partial charge is 0.230 e. The molecule has 0 saturated heterocycles. The van der Waals surface area contributed by atoms with Gasteiger partial charge in [0.25, 0.3) is 0 Å². The van der Waals surface area contributed by atoms with Crippen LogP contribution in [0.5, 0.6) is 5.75 Å². The highest BCUT2D eigenvalue weighted by atomic mass is 32.1. The molecule has 2 heterocycles. The van der Waals surface area contributed by atoms with Gasteiger partial charge in [-0.25, -0.2) is 4.98 Å². The van der Waals surface area contributed by atoms with Gasteiger partial charge < -0.3 is 20.1 Å². The third kappa shape index (κ3) is 6.63. The monoisotopic (exact) mass is 412 g/mol. The predicted octanol–water partition coefficient (Wildman–Crippen LogP) is 2.69. The Morgan fingerprint density at radius 1 is 1.24 bits per heavy atom. The van der Waals surface area contributed by atoms with Gasteiger partial charge in [0.2, 0.25) is 5.91 Å². The number of aliphatic hydroxyl groups excluding tert-OH is 1. The molecule has 0 saturated carbocycles. The molecule has 152 valence electrons. The van der Waals surface area contributed by atoms with E-state index in [1.165, 1.54) is 11.3 Å². The number of ether oxygens (including phenoxy) is 1. The molecule has 29 heavy (non-hydrogen) atoms. The van der Waals surface area contributed by atoms with E-state index in [0.717, 1.165) is 29.1 Å². The van der Waals surface area contributed by atoms with Crippen LogP contribution in [0.4, 0.5) is 5.13 Å². The van der Waals surface area contributed by atoms with Crippen molar-refractivity contribution in [2.75, 3.05) is 38.7 Å². The van der Waals surface area contributed by atoms with Crippen LogP contribution in [0.3, 0.4) is 0 Å². The third-order valence-corrected chi connectivity index (χ3v) is 4.97. The Kier molecular flexibility index (Phi) is 7.69. The molecule has 2 N–H and O–H groups in total. The van der Waals surface area contributed by atoms with Gasteiger partial charge in [0.1, 0.15) is 12.4 Å². The van der Waals surface area contributed by atoms with E-state index in [1.807, 2.05) is 53.7 Å². The number of anilines is 1. The number of rotatable bonds is 10. The van der Waals surface area contributed by atoms with Crippen molar-refractivity contribution in [3.8, 4) is 17.0 Å². The number of pyridine rings is 1. The number of hydrogen-bond donors (Lipinski definition) is 2. The summed E-state index contributed by atoms with van der Waals surface area (Å²) in [7, 11) is 1.93. The van der Waals surface area contributed by atoms with E-state index in [9.17, 15) is 4.79 Å². The van der Waals surface area contributed by atoms with Gasteiger partial charge in [-0.2, -0.15) is 0 Å². The lowest BCUT2D eigenvalue weighted by atomic mass is 10.1. The topological polar surface area (TPSA) is 87.6 Å². The Balaban J connectivity index is 1.51. The first-order chi connectivity index (χ1) is 14.1. The number of amides is 1. The quantitative estimate of drug-likeness (QED) is 0.532. The summed E-state index contributed by atoms with van der Waals surface area (Å²) in [4.78, 5) is 22.8. The van der Waals surface area contributed by atoms with Gasteiger partial charge in [0, 0.05) is 36.4 Å². The van der Waals surface area contributed by atoms with Crippen molar-refractivity contribution in [3.63, 3.8) is 0 Å². The molecule has 1 amide bonds. The van der Waals surface area contributed by atoms with Crippen molar-refractivity contribution in [3.05, 3.63) is 59.7 Å². The van der Waals surface area contributed by atoms with Crippen molar-refractivity contribution < 1.29 is 14.6 Å². The van der Waals surface area contributed by atoms with Crippen LogP contribution in [0.2, 0.25) is 0 Å². The number of aromatic nitrogens is 2. The SMILES string of the molecule is CN(CCO)CCOc1cccc(CC(=O)Nc2nc(-c3ccncc3)cs2)c1. The summed E-state index contributed by atoms with van der Waals surface area (Å²) in [6.07, 6.45) is 3.67. The van der Waals surface area contributed by atoms with Crippen LogP contribution in [0.15, 0.2) is 54.2 Å². The lowest BCUT2D eigenvalue weighted by molar-refractivity contribution is -0.115. The molecule has 2 aromatic heterocycles. The molecule has 0 spiro atoms. The van der Waals surface area contributed by atoms with Crippen molar-refractivity contribution in [2.24, 2.45) is 0 Å². The standard InChI is InChI=1S/C21H24N4O3S/c1-25(9-11-26)10-12-28-18-4-2-3-16(13-18)14-20(27)24-21-23-19(15-29-21)17-5-7-22-8-6-17/h2-8,13,15,26H,9-12,14H2,1H3,(H,23,24,27). The maximum absolute atomic E-state index is 12.4. The van der Waals surface area contributed by atoms with Crippen LogP contribution < -0.4 is 10.1 Å². The summed E-state index contributed by atoms with van der Waals surface area (Å²) in [5, 5.41) is 14.2. The number of carbonyl (C=O) groups excluding carboxylic acids is 1. The molecule has 3 aromatic rings. The van der Waals surface area contributed by atoms with Gasteiger partial charge in [-0.05, 0) is 36.9 Å². The molecule has 0 radical (unpaired) electrons. The summed E-state index contributed by atoms with van der Waals surface area (Å²) in [5.74, 6) is 0.599. The minimum absolute atomic E-state index is 0.125. The number of likely N-dealkylation sites (N-methyl/N-ethyl adjacent to an activating group) is 1. The van der Waals surface area contributed by atoms with Crippen molar-refractivity contribution >= 4 is 22.4 Å². The Morgan fingerprint density at radius 3 is 2.86 bits per heavy atom. The van der Waals surface area contributed by atoms with E-state index >= 15 is 0 Å². The normalized spacial score (nSPS) is 10.9. The Bertz CT molecular complexity index is 917. The summed E-state index contributed by atoms with van der Waals surface area (Å²) >= 11 is 1.39. The zero-order valence-corrected chi connectivity index (χ0v) is 17.1. The van der Waals surface area contributed by atoms with Crippen LogP contribution in [0, 0.1) is 0 Å². The fraction of sp³-hybridized carbons (Fsp3) is 0.286. The van der Waals surface area contributed by atoms with E-state index in [1.54, 1.807) is 12.4 Å². The molecule has 0 unspecified atom stereocenters. The number of aliphatic hydroxyl groups is 1. The molecule has 0 fully saturated rings. The second kappa shape index (κ2) is 10.7. The first-order valence-corrected chi connectivity index (χ1v) is 10.2. The zero-order chi connectivity index (χ0) is 20.5. The van der Waals surface area contributed by atoms with E-state index in [-0.39, 0.29) is 18.9 Å². The highest BCUT2D eigenvalue weighted by Crippen LogP contribution is 2.24. The molecule has 0 aliphatic rings. The summed E-state index contributed by atoms with van der Waals surface area (Å²) in [6, 6.07) is 11.3. The van der Waals surface area contributed by atoms with Gasteiger partial charge in [0.15, 0.2) is 5.13 Å². The van der Waals surface area contributed by atoms with Gasteiger partial charge in [-0.3, -0.25) is 9.78 Å². The van der Waals surface area contributed by atoms with Crippen molar-refractivity contribution in [1.29, 1.82) is 0 Å². The van der Waals surface area contributed by atoms with Crippen LogP contribution in [-0.4, -0.2) is 59.2 Å². The van der Waals surface area contributed by atoms with Crippen molar-refractivity contribution in [1.82, 2.24) is 14.9 Å². The van der Waals surface area contributed by atoms with Gasteiger partial charge in [-0.15, -0.1) is 11.3 Å². The maximum atomic E-state index is 12.4. The largest absolute Gasteiger partial charge is 0.492 e. The molecule has 1 aromatic carbocycles. The lowest BCUT2D eigenvalue weighted by Gasteiger charge is -2.15. The Hall–Kier alpha value is -2.81. The van der Waals surface area contributed by atoms with Crippen LogP contribution in [-0.2, 0) is 11.2 Å². The average molecular weight is 413 g/mol. The maximum Gasteiger partial charge on any atom is 0.230 e. The molecule has 0 aliphatic carbocycles. The van der Waals surface area contributed by atoms with Gasteiger partial charge >= 0.3 is 0 Å². The Morgan fingerprint density at radius 2 is 2.07 bits per heavy atom. The molecule has 7 nitrogen and oxygen atoms in total. The fourth-order valence-electron chi connectivity index (χ4n) is 2.68. The summed E-state index contributed by atoms with van der Waals surface area (Å²) in [6.45, 7) is 1.98. The second-order valence-corrected chi connectivity index (χ2v) is 7.38. The van der Waals surface area contributed by atoms with E-state index in [0.29, 0.717) is 18.3 Å². The lowest BCUT2D eigenvalue weighted by Crippen LogP contribution is -2.27. The van der Waals surface area contributed by atoms with Gasteiger partial charge in [0.05, 0.1) is 18.7 Å². The Labute approximate surface area is 174 Å². The number of hydrogen-bond acceptors (Lipinski definition) is 7. The molecule has 0 bridgehead atoms. The van der Waals surface area contributed by atoms with E-state index in [2.05, 4.69) is 15.3 Å². The van der Waals surface area contributed by atoms with Crippen LogP contribution in [0.1, 0.15) is 5.56 Å². The number of carbonyl (C=O) groups is 1. The predicted molar refractivity (Wildman–Crippen MR) is 114 cm³/mol. The number of thiazole rings is 1. The molecule has 3 rings (SSSR count). The third-order valence-electron chi connectivity index (χ3n) is 4.21. The highest BCUT2D eigenvalue weighted by Gasteiger charge is 2.09. The molecular formula is C21H24N4O3S. The fourth-order valence-corrected chi connectivity index (χ4v) is 3.42. The molecule has 8 heteroatoms. The molecular weight excluding hydrogens is 388 g/mol. The first-order valence-electron chi connectivity index (χ1n) is 9.31. The highest BCUT2D eigenvalue weighted by molar-refractivity contribution is 7.14. The second-order valence-electron chi connectivity index (χ2n) is 6.52. The van der Waals surface area contributed by atoms with E-state index in [4.69, 9.17) is 9.84 Å². The zero-order valence-electron chi connectivity index (χ0n) is 16.2. The number of nitrogens with one attached hydrogen (secondary N) is 1. The first kappa shape index (κ1) is 20.9. The number of benzene rings is 1. The molecule has 0 aliphatic heterocycles. The van der Waals surface area contributed by atoms with Crippen molar-refractivity contribution in [2.45, 2.75) is 6.42 Å². The minimum Gasteiger partial charge on any atom is -0.492 e. The van der Waals surface area contributed by atoms with Crippen LogP contribution >= 0.6 is 11.3 Å². The van der Waals surface area contributed by atoms with E-state index < -0.39 is 0 Å².